The molecule has 1 aliphatic heterocycles. The number of carbonyl (C=O) groups is 1. The van der Waals surface area contributed by atoms with Gasteiger partial charge >= 0.3 is 6.03 Å². The fourth-order valence-electron chi connectivity index (χ4n) is 2.90. The van der Waals surface area contributed by atoms with E-state index in [-0.39, 0.29) is 12.1 Å². The molecule has 1 fully saturated rings. The molecule has 1 aromatic carbocycles. The van der Waals surface area contributed by atoms with Crippen molar-refractivity contribution in [2.45, 2.75) is 13.0 Å². The van der Waals surface area contributed by atoms with Crippen molar-refractivity contribution in [3.05, 3.63) is 59.4 Å². The summed E-state index contributed by atoms with van der Waals surface area (Å²) in [6, 6.07) is 11.4. The van der Waals surface area contributed by atoms with Crippen LogP contribution in [0, 0.1) is 0 Å². The summed E-state index contributed by atoms with van der Waals surface area (Å²) in [6.07, 6.45) is 3.58. The molecule has 1 saturated heterocycles. The van der Waals surface area contributed by atoms with Crippen LogP contribution in [0.2, 0.25) is 5.02 Å². The number of halogens is 1. The Balaban J connectivity index is 1.55. The van der Waals surface area contributed by atoms with Gasteiger partial charge in [-0.1, -0.05) is 29.8 Å². The Morgan fingerprint density at radius 1 is 1.12 bits per heavy atom. The number of carbonyl (C=O) groups excluding carboxylic acids is 1. The summed E-state index contributed by atoms with van der Waals surface area (Å²) in [6.45, 7) is 4.98. The third-order valence-electron chi connectivity index (χ3n) is 4.31. The topological polar surface area (TPSA) is 48.5 Å². The van der Waals surface area contributed by atoms with E-state index in [1.165, 1.54) is 0 Å². The first kappa shape index (κ1) is 16.6. The third-order valence-corrected chi connectivity index (χ3v) is 4.65. The van der Waals surface area contributed by atoms with E-state index >= 15 is 0 Å². The lowest BCUT2D eigenvalue weighted by molar-refractivity contribution is 0.191. The maximum Gasteiger partial charge on any atom is 0.317 e. The van der Waals surface area contributed by atoms with Crippen molar-refractivity contribution in [1.82, 2.24) is 15.2 Å². The molecule has 3 rings (SSSR count). The van der Waals surface area contributed by atoms with Gasteiger partial charge < -0.3 is 15.1 Å². The van der Waals surface area contributed by atoms with Gasteiger partial charge in [-0.05, 0) is 30.7 Å². The average molecular weight is 345 g/mol. The number of amides is 2. The molecule has 1 aromatic heterocycles. The Kier molecular flexibility index (Phi) is 5.20. The van der Waals surface area contributed by atoms with Gasteiger partial charge in [0.25, 0.3) is 0 Å². The van der Waals surface area contributed by atoms with E-state index in [0.29, 0.717) is 18.1 Å². The van der Waals surface area contributed by atoms with Crippen LogP contribution in [0.3, 0.4) is 0 Å². The molecule has 6 heteroatoms. The number of rotatable bonds is 3. The number of pyridine rings is 1. The van der Waals surface area contributed by atoms with E-state index in [2.05, 4.69) is 15.2 Å². The molecule has 2 heterocycles. The van der Waals surface area contributed by atoms with Crippen LogP contribution in [0.1, 0.15) is 18.5 Å². The van der Waals surface area contributed by atoms with Crippen LogP contribution >= 0.6 is 11.6 Å². The minimum Gasteiger partial charge on any atom is -0.368 e. The lowest BCUT2D eigenvalue weighted by atomic mass is 10.1. The quantitative estimate of drug-likeness (QED) is 0.929. The van der Waals surface area contributed by atoms with E-state index in [9.17, 15) is 4.79 Å². The van der Waals surface area contributed by atoms with Crippen molar-refractivity contribution in [3.63, 3.8) is 0 Å². The van der Waals surface area contributed by atoms with Crippen molar-refractivity contribution in [2.24, 2.45) is 0 Å². The van der Waals surface area contributed by atoms with Gasteiger partial charge in [0.1, 0.15) is 0 Å². The molecule has 5 nitrogen and oxygen atoms in total. The monoisotopic (exact) mass is 344 g/mol. The van der Waals surface area contributed by atoms with Gasteiger partial charge in [0.05, 0.1) is 6.04 Å². The first-order chi connectivity index (χ1) is 11.6. The number of urea groups is 1. The van der Waals surface area contributed by atoms with E-state index in [1.54, 1.807) is 12.4 Å². The van der Waals surface area contributed by atoms with Gasteiger partial charge in [-0.15, -0.1) is 0 Å². The molecule has 1 aliphatic rings. The minimum atomic E-state index is -0.121. The van der Waals surface area contributed by atoms with E-state index in [0.717, 1.165) is 24.3 Å². The van der Waals surface area contributed by atoms with Gasteiger partial charge in [0, 0.05) is 49.3 Å². The molecular formula is C18H21ClN4O. The highest BCUT2D eigenvalue weighted by molar-refractivity contribution is 6.31. The molecule has 0 bridgehead atoms. The Morgan fingerprint density at radius 3 is 2.46 bits per heavy atom. The summed E-state index contributed by atoms with van der Waals surface area (Å²) >= 11 is 6.20. The smallest absolute Gasteiger partial charge is 0.317 e. The Bertz CT molecular complexity index is 686. The molecule has 2 aromatic rings. The third kappa shape index (κ3) is 3.79. The zero-order valence-electron chi connectivity index (χ0n) is 13.7. The van der Waals surface area contributed by atoms with Gasteiger partial charge in [0.2, 0.25) is 0 Å². The predicted octanol–water partition coefficient (Wildman–Crippen LogP) is 3.33. The number of anilines is 1. The number of aromatic nitrogens is 1. The van der Waals surface area contributed by atoms with Crippen LogP contribution in [0.4, 0.5) is 10.5 Å². The molecule has 0 aliphatic carbocycles. The minimum absolute atomic E-state index is 0.0446. The first-order valence-corrected chi connectivity index (χ1v) is 8.48. The summed E-state index contributed by atoms with van der Waals surface area (Å²) < 4.78 is 0. The number of hydrogen-bond acceptors (Lipinski definition) is 3. The molecule has 0 spiro atoms. The number of benzene rings is 1. The first-order valence-electron chi connectivity index (χ1n) is 8.10. The lowest BCUT2D eigenvalue weighted by Gasteiger charge is -2.36. The fourth-order valence-corrected chi connectivity index (χ4v) is 3.20. The van der Waals surface area contributed by atoms with E-state index in [1.807, 2.05) is 48.2 Å². The zero-order valence-corrected chi connectivity index (χ0v) is 14.4. The van der Waals surface area contributed by atoms with E-state index in [4.69, 9.17) is 11.6 Å². The van der Waals surface area contributed by atoms with Crippen molar-refractivity contribution < 1.29 is 4.79 Å². The summed E-state index contributed by atoms with van der Waals surface area (Å²) in [4.78, 5) is 20.6. The van der Waals surface area contributed by atoms with Crippen molar-refractivity contribution in [1.29, 1.82) is 0 Å². The molecule has 1 unspecified atom stereocenters. The number of nitrogens with one attached hydrogen (secondary N) is 1. The average Bonchev–Trinajstić information content (AvgIpc) is 2.63. The summed E-state index contributed by atoms with van der Waals surface area (Å²) in [5.74, 6) is 0. The fraction of sp³-hybridized carbons (Fsp3) is 0.333. The number of nitrogens with zero attached hydrogens (tertiary/aromatic N) is 3. The van der Waals surface area contributed by atoms with Gasteiger partial charge in [-0.3, -0.25) is 4.98 Å². The molecule has 0 radical (unpaired) electrons. The summed E-state index contributed by atoms with van der Waals surface area (Å²) in [7, 11) is 0. The summed E-state index contributed by atoms with van der Waals surface area (Å²) in [5, 5.41) is 3.71. The van der Waals surface area contributed by atoms with Gasteiger partial charge in [-0.25, -0.2) is 4.79 Å². The maximum absolute atomic E-state index is 12.5. The Morgan fingerprint density at radius 2 is 1.79 bits per heavy atom. The van der Waals surface area contributed by atoms with Crippen LogP contribution in [0.15, 0.2) is 48.8 Å². The molecule has 126 valence electrons. The van der Waals surface area contributed by atoms with Crippen LogP contribution in [0.25, 0.3) is 0 Å². The molecule has 2 amide bonds. The molecule has 0 saturated carbocycles. The van der Waals surface area contributed by atoms with Gasteiger partial charge in [-0.2, -0.15) is 0 Å². The maximum atomic E-state index is 12.5. The van der Waals surface area contributed by atoms with Crippen LogP contribution in [0.5, 0.6) is 0 Å². The molecular weight excluding hydrogens is 324 g/mol. The lowest BCUT2D eigenvalue weighted by Crippen LogP contribution is -2.52. The van der Waals surface area contributed by atoms with Crippen LogP contribution in [-0.2, 0) is 0 Å². The van der Waals surface area contributed by atoms with Crippen molar-refractivity contribution in [3.8, 4) is 0 Å². The number of piperazine rings is 1. The van der Waals surface area contributed by atoms with E-state index < -0.39 is 0 Å². The van der Waals surface area contributed by atoms with Crippen molar-refractivity contribution >= 4 is 23.3 Å². The van der Waals surface area contributed by atoms with Crippen LogP contribution in [-0.4, -0.2) is 42.1 Å². The second-order valence-electron chi connectivity index (χ2n) is 5.87. The van der Waals surface area contributed by atoms with Gasteiger partial charge in [0.15, 0.2) is 0 Å². The van der Waals surface area contributed by atoms with Crippen LogP contribution < -0.4 is 10.2 Å². The highest BCUT2D eigenvalue weighted by Crippen LogP contribution is 2.22. The van der Waals surface area contributed by atoms with Crippen molar-refractivity contribution in [2.75, 3.05) is 31.1 Å². The molecule has 1 atom stereocenters. The zero-order chi connectivity index (χ0) is 16.9. The predicted molar refractivity (Wildman–Crippen MR) is 96.4 cm³/mol. The summed E-state index contributed by atoms with van der Waals surface area (Å²) in [5.41, 5.74) is 2.08. The second-order valence-corrected chi connectivity index (χ2v) is 6.28. The highest BCUT2D eigenvalue weighted by Gasteiger charge is 2.23. The standard InChI is InChI=1S/C18H21ClN4O/c1-14(16-4-2-3-5-17(16)19)21-18(24)23-12-10-22(11-13-23)15-6-8-20-9-7-15/h2-9,14H,10-13H2,1H3,(H,21,24). The number of hydrogen-bond donors (Lipinski definition) is 1. The SMILES string of the molecule is CC(NC(=O)N1CCN(c2ccncc2)CC1)c1ccccc1Cl. The normalized spacial score (nSPS) is 15.9. The molecule has 1 N–H and O–H groups in total. The Hall–Kier alpha value is -2.27. The largest absolute Gasteiger partial charge is 0.368 e. The molecule has 24 heavy (non-hydrogen) atoms. The highest BCUT2D eigenvalue weighted by atomic mass is 35.5. The second kappa shape index (κ2) is 7.53. The Labute approximate surface area is 147 Å².